The van der Waals surface area contributed by atoms with Crippen molar-refractivity contribution in [1.29, 1.82) is 0 Å². The fourth-order valence-corrected chi connectivity index (χ4v) is 2.84. The van der Waals surface area contributed by atoms with Gasteiger partial charge in [-0.3, -0.25) is 0 Å². The quantitative estimate of drug-likeness (QED) is 0.748. The highest BCUT2D eigenvalue weighted by Crippen LogP contribution is 2.48. The molecule has 0 bridgehead atoms. The molecule has 0 fully saturated rings. The van der Waals surface area contributed by atoms with Crippen LogP contribution in [0.1, 0.15) is 24.0 Å². The Balaban J connectivity index is 2.24. The number of phenols is 2. The van der Waals surface area contributed by atoms with Crippen LogP contribution >= 0.6 is 0 Å². The van der Waals surface area contributed by atoms with E-state index in [4.69, 9.17) is 15.2 Å². The van der Waals surface area contributed by atoms with Crippen molar-refractivity contribution >= 4 is 5.97 Å². The maximum Gasteiger partial charge on any atom is 0.340 e. The van der Waals surface area contributed by atoms with E-state index in [9.17, 15) is 15.0 Å². The van der Waals surface area contributed by atoms with E-state index in [1.807, 2.05) is 30.3 Å². The number of hydrogen-bond donors (Lipinski definition) is 3. The SMILES string of the molecule is CCOC(=O)C1=C(N)Oc2cc(O)cc(O)c2C1c1ccccc1. The Hall–Kier alpha value is -3.15. The lowest BCUT2D eigenvalue weighted by atomic mass is 9.82. The number of phenolic OH excluding ortho intramolecular Hbond substituents is 2. The normalized spacial score (nSPS) is 16.3. The summed E-state index contributed by atoms with van der Waals surface area (Å²) in [6.07, 6.45) is 0. The third-order valence-electron chi connectivity index (χ3n) is 3.80. The summed E-state index contributed by atoms with van der Waals surface area (Å²) in [7, 11) is 0. The van der Waals surface area contributed by atoms with Crippen molar-refractivity contribution in [2.45, 2.75) is 12.8 Å². The molecule has 4 N–H and O–H groups in total. The van der Waals surface area contributed by atoms with Gasteiger partial charge < -0.3 is 25.4 Å². The van der Waals surface area contributed by atoms with E-state index in [1.54, 1.807) is 6.92 Å². The second-order valence-corrected chi connectivity index (χ2v) is 5.32. The van der Waals surface area contributed by atoms with Gasteiger partial charge in [0.25, 0.3) is 0 Å². The molecule has 124 valence electrons. The molecule has 1 heterocycles. The van der Waals surface area contributed by atoms with Crippen molar-refractivity contribution in [3.05, 3.63) is 65.0 Å². The predicted octanol–water partition coefficient (Wildman–Crippen LogP) is 2.36. The van der Waals surface area contributed by atoms with Crippen molar-refractivity contribution in [1.82, 2.24) is 0 Å². The van der Waals surface area contributed by atoms with Gasteiger partial charge >= 0.3 is 5.97 Å². The first-order valence-electron chi connectivity index (χ1n) is 7.48. The molecular formula is C18H17NO5. The lowest BCUT2D eigenvalue weighted by Gasteiger charge is -2.29. The fourth-order valence-electron chi connectivity index (χ4n) is 2.84. The van der Waals surface area contributed by atoms with E-state index >= 15 is 0 Å². The lowest BCUT2D eigenvalue weighted by Crippen LogP contribution is -2.27. The van der Waals surface area contributed by atoms with E-state index in [-0.39, 0.29) is 35.3 Å². The predicted molar refractivity (Wildman–Crippen MR) is 86.5 cm³/mol. The van der Waals surface area contributed by atoms with Crippen molar-refractivity contribution in [3.8, 4) is 17.2 Å². The molecule has 1 aliphatic rings. The highest BCUT2D eigenvalue weighted by molar-refractivity contribution is 5.93. The van der Waals surface area contributed by atoms with E-state index in [1.165, 1.54) is 12.1 Å². The van der Waals surface area contributed by atoms with Crippen molar-refractivity contribution < 1.29 is 24.5 Å². The van der Waals surface area contributed by atoms with Gasteiger partial charge in [-0.25, -0.2) is 4.79 Å². The van der Waals surface area contributed by atoms with E-state index < -0.39 is 11.9 Å². The lowest BCUT2D eigenvalue weighted by molar-refractivity contribution is -0.139. The van der Waals surface area contributed by atoms with Gasteiger partial charge in [-0.1, -0.05) is 30.3 Å². The van der Waals surface area contributed by atoms with Crippen LogP contribution in [-0.4, -0.2) is 22.8 Å². The topological polar surface area (TPSA) is 102 Å². The van der Waals surface area contributed by atoms with Gasteiger partial charge in [-0.05, 0) is 12.5 Å². The highest BCUT2D eigenvalue weighted by atomic mass is 16.5. The van der Waals surface area contributed by atoms with Gasteiger partial charge in [0.05, 0.1) is 12.5 Å². The first-order chi connectivity index (χ1) is 11.5. The second kappa shape index (κ2) is 6.16. The summed E-state index contributed by atoms with van der Waals surface area (Å²) in [6.45, 7) is 1.88. The molecule has 0 saturated heterocycles. The van der Waals surface area contributed by atoms with Crippen LogP contribution in [0.15, 0.2) is 53.9 Å². The van der Waals surface area contributed by atoms with Gasteiger partial charge in [-0.15, -0.1) is 0 Å². The zero-order chi connectivity index (χ0) is 17.3. The number of benzene rings is 2. The Morgan fingerprint density at radius 2 is 1.96 bits per heavy atom. The summed E-state index contributed by atoms with van der Waals surface area (Å²) in [4.78, 5) is 12.4. The Bertz CT molecular complexity index is 814. The minimum absolute atomic E-state index is 0.111. The maximum atomic E-state index is 12.4. The number of esters is 1. The Morgan fingerprint density at radius 1 is 1.25 bits per heavy atom. The Kier molecular flexibility index (Phi) is 4.04. The Labute approximate surface area is 138 Å². The molecule has 1 unspecified atom stereocenters. The van der Waals surface area contributed by atoms with Crippen molar-refractivity contribution in [2.24, 2.45) is 5.73 Å². The number of fused-ring (bicyclic) bond motifs is 1. The van der Waals surface area contributed by atoms with Crippen LogP contribution in [-0.2, 0) is 9.53 Å². The van der Waals surface area contributed by atoms with E-state index in [0.717, 1.165) is 5.56 Å². The van der Waals surface area contributed by atoms with E-state index in [2.05, 4.69) is 0 Å². The monoisotopic (exact) mass is 327 g/mol. The number of rotatable bonds is 3. The molecule has 1 aliphatic heterocycles. The summed E-state index contributed by atoms with van der Waals surface area (Å²) in [5.74, 6) is -1.53. The zero-order valence-electron chi connectivity index (χ0n) is 13.0. The van der Waals surface area contributed by atoms with E-state index in [0.29, 0.717) is 5.56 Å². The molecule has 0 aliphatic carbocycles. The number of hydrogen-bond acceptors (Lipinski definition) is 6. The average molecular weight is 327 g/mol. The van der Waals surface area contributed by atoms with Crippen LogP contribution in [0.5, 0.6) is 17.2 Å². The molecule has 0 aromatic heterocycles. The van der Waals surface area contributed by atoms with Gasteiger partial charge in [0.15, 0.2) is 0 Å². The first-order valence-corrected chi connectivity index (χ1v) is 7.48. The van der Waals surface area contributed by atoms with Gasteiger partial charge in [-0.2, -0.15) is 0 Å². The maximum absolute atomic E-state index is 12.4. The third-order valence-corrected chi connectivity index (χ3v) is 3.80. The molecule has 0 spiro atoms. The van der Waals surface area contributed by atoms with Crippen molar-refractivity contribution in [3.63, 3.8) is 0 Å². The summed E-state index contributed by atoms with van der Waals surface area (Å²) in [5, 5.41) is 20.0. The summed E-state index contributed by atoms with van der Waals surface area (Å²) in [5.41, 5.74) is 7.17. The minimum Gasteiger partial charge on any atom is -0.508 e. The van der Waals surface area contributed by atoms with Gasteiger partial charge in [0, 0.05) is 17.7 Å². The molecule has 0 amide bonds. The molecular weight excluding hydrogens is 310 g/mol. The molecule has 6 heteroatoms. The standard InChI is InChI=1S/C18H17NO5/c1-2-23-18(22)16-14(10-6-4-3-5-7-10)15-12(21)8-11(20)9-13(15)24-17(16)19/h3-9,14,20-21H,2,19H2,1H3. The average Bonchev–Trinajstić information content (AvgIpc) is 2.54. The molecule has 24 heavy (non-hydrogen) atoms. The highest BCUT2D eigenvalue weighted by Gasteiger charge is 2.37. The number of carbonyl (C=O) groups is 1. The van der Waals surface area contributed by atoms with Crippen molar-refractivity contribution in [2.75, 3.05) is 6.61 Å². The van der Waals surface area contributed by atoms with Crippen LogP contribution in [0.25, 0.3) is 0 Å². The summed E-state index contributed by atoms with van der Waals surface area (Å²) in [6, 6.07) is 11.7. The Morgan fingerprint density at radius 3 is 2.62 bits per heavy atom. The minimum atomic E-state index is -0.658. The number of carbonyl (C=O) groups excluding carboxylic acids is 1. The van der Waals surface area contributed by atoms with Crippen LogP contribution in [0.4, 0.5) is 0 Å². The zero-order valence-corrected chi connectivity index (χ0v) is 13.0. The summed E-state index contributed by atoms with van der Waals surface area (Å²) < 4.78 is 10.6. The molecule has 0 saturated carbocycles. The largest absolute Gasteiger partial charge is 0.508 e. The number of nitrogens with two attached hydrogens (primary N) is 1. The molecule has 2 aromatic carbocycles. The number of aromatic hydroxyl groups is 2. The van der Waals surface area contributed by atoms with Crippen LogP contribution in [0.3, 0.4) is 0 Å². The third kappa shape index (κ3) is 2.62. The van der Waals surface area contributed by atoms with Crippen LogP contribution < -0.4 is 10.5 Å². The fraction of sp³-hybridized carbons (Fsp3) is 0.167. The number of ether oxygens (including phenoxy) is 2. The molecule has 0 radical (unpaired) electrons. The smallest absolute Gasteiger partial charge is 0.340 e. The van der Waals surface area contributed by atoms with Crippen LogP contribution in [0, 0.1) is 0 Å². The van der Waals surface area contributed by atoms with Gasteiger partial charge in [0.1, 0.15) is 22.8 Å². The summed E-state index contributed by atoms with van der Waals surface area (Å²) >= 11 is 0. The first kappa shape index (κ1) is 15.7. The molecule has 3 rings (SSSR count). The second-order valence-electron chi connectivity index (χ2n) is 5.32. The van der Waals surface area contributed by atoms with Gasteiger partial charge in [0.2, 0.25) is 5.88 Å². The molecule has 1 atom stereocenters. The van der Waals surface area contributed by atoms with Crippen LogP contribution in [0.2, 0.25) is 0 Å². The molecule has 2 aromatic rings. The molecule has 6 nitrogen and oxygen atoms in total.